The molecule has 4 nitrogen and oxygen atoms in total. The number of rotatable bonds is 4. The SMILES string of the molecule is CCC(CC)N(C)c1ccnc(N)n1. The zero-order valence-corrected chi connectivity index (χ0v) is 9.07. The molecular formula is C10H18N4. The van der Waals surface area contributed by atoms with E-state index in [0.29, 0.717) is 12.0 Å². The van der Waals surface area contributed by atoms with E-state index in [1.54, 1.807) is 6.20 Å². The summed E-state index contributed by atoms with van der Waals surface area (Å²) in [6.07, 6.45) is 3.91. The molecule has 0 radical (unpaired) electrons. The molecule has 0 aromatic carbocycles. The van der Waals surface area contributed by atoms with Gasteiger partial charge in [0.2, 0.25) is 5.95 Å². The Labute approximate surface area is 85.2 Å². The van der Waals surface area contributed by atoms with Gasteiger partial charge in [-0.1, -0.05) is 13.8 Å². The number of hydrogen-bond acceptors (Lipinski definition) is 4. The van der Waals surface area contributed by atoms with Gasteiger partial charge >= 0.3 is 0 Å². The maximum Gasteiger partial charge on any atom is 0.221 e. The lowest BCUT2D eigenvalue weighted by Gasteiger charge is -2.27. The Morgan fingerprint density at radius 3 is 2.57 bits per heavy atom. The molecule has 78 valence electrons. The molecule has 0 spiro atoms. The Kier molecular flexibility index (Phi) is 3.68. The van der Waals surface area contributed by atoms with E-state index in [2.05, 4.69) is 28.7 Å². The summed E-state index contributed by atoms with van der Waals surface area (Å²) in [5.74, 6) is 1.23. The lowest BCUT2D eigenvalue weighted by Crippen LogP contribution is -2.31. The Balaban J connectivity index is 2.82. The second-order valence-electron chi connectivity index (χ2n) is 3.35. The Hall–Kier alpha value is -1.32. The first-order valence-corrected chi connectivity index (χ1v) is 5.00. The van der Waals surface area contributed by atoms with Gasteiger partial charge in [-0.25, -0.2) is 4.98 Å². The van der Waals surface area contributed by atoms with Crippen molar-refractivity contribution < 1.29 is 0 Å². The molecule has 1 aromatic heterocycles. The fourth-order valence-electron chi connectivity index (χ4n) is 1.58. The summed E-state index contributed by atoms with van der Waals surface area (Å²) < 4.78 is 0. The third-order valence-electron chi connectivity index (χ3n) is 2.51. The van der Waals surface area contributed by atoms with Crippen LogP contribution in [0, 0.1) is 0 Å². The monoisotopic (exact) mass is 194 g/mol. The van der Waals surface area contributed by atoms with E-state index in [-0.39, 0.29) is 0 Å². The summed E-state index contributed by atoms with van der Waals surface area (Å²) >= 11 is 0. The highest BCUT2D eigenvalue weighted by Gasteiger charge is 2.12. The molecule has 0 aliphatic carbocycles. The first-order chi connectivity index (χ1) is 6.69. The van der Waals surface area contributed by atoms with Gasteiger partial charge in [-0.2, -0.15) is 4.98 Å². The molecule has 1 rings (SSSR count). The highest BCUT2D eigenvalue weighted by molar-refractivity contribution is 5.40. The molecule has 0 aliphatic heterocycles. The number of nitrogen functional groups attached to an aromatic ring is 1. The van der Waals surface area contributed by atoms with Crippen LogP contribution in [0.5, 0.6) is 0 Å². The number of hydrogen-bond donors (Lipinski definition) is 1. The molecule has 0 amide bonds. The van der Waals surface area contributed by atoms with Crippen molar-refractivity contribution >= 4 is 11.8 Å². The second kappa shape index (κ2) is 4.79. The molecule has 0 aliphatic rings. The van der Waals surface area contributed by atoms with Gasteiger partial charge in [0.25, 0.3) is 0 Å². The molecular weight excluding hydrogens is 176 g/mol. The average Bonchev–Trinajstić information content (AvgIpc) is 2.19. The van der Waals surface area contributed by atoms with Crippen LogP contribution in [0.4, 0.5) is 11.8 Å². The summed E-state index contributed by atoms with van der Waals surface area (Å²) in [5.41, 5.74) is 5.53. The fraction of sp³-hybridized carbons (Fsp3) is 0.600. The van der Waals surface area contributed by atoms with Crippen molar-refractivity contribution in [2.75, 3.05) is 17.7 Å². The van der Waals surface area contributed by atoms with E-state index in [4.69, 9.17) is 5.73 Å². The van der Waals surface area contributed by atoms with E-state index in [9.17, 15) is 0 Å². The van der Waals surface area contributed by atoms with Gasteiger partial charge in [-0.05, 0) is 18.9 Å². The zero-order valence-electron chi connectivity index (χ0n) is 9.07. The van der Waals surface area contributed by atoms with Crippen molar-refractivity contribution in [3.05, 3.63) is 12.3 Å². The molecule has 1 heterocycles. The van der Waals surface area contributed by atoms with Gasteiger partial charge < -0.3 is 10.6 Å². The number of anilines is 2. The van der Waals surface area contributed by atoms with Gasteiger partial charge in [0.1, 0.15) is 5.82 Å². The third kappa shape index (κ3) is 2.34. The minimum Gasteiger partial charge on any atom is -0.368 e. The van der Waals surface area contributed by atoms with E-state index in [1.165, 1.54) is 0 Å². The van der Waals surface area contributed by atoms with Gasteiger partial charge in [-0.15, -0.1) is 0 Å². The normalized spacial score (nSPS) is 10.6. The topological polar surface area (TPSA) is 55.0 Å². The van der Waals surface area contributed by atoms with Gasteiger partial charge in [0, 0.05) is 19.3 Å². The standard InChI is InChI=1S/C10H18N4/c1-4-8(5-2)14(3)9-6-7-12-10(11)13-9/h6-8H,4-5H2,1-3H3,(H2,11,12,13). The van der Waals surface area contributed by atoms with Crippen molar-refractivity contribution in [3.63, 3.8) is 0 Å². The van der Waals surface area contributed by atoms with Gasteiger partial charge in [0.05, 0.1) is 0 Å². The number of nitrogens with zero attached hydrogens (tertiary/aromatic N) is 3. The maximum absolute atomic E-state index is 5.53. The third-order valence-corrected chi connectivity index (χ3v) is 2.51. The molecule has 2 N–H and O–H groups in total. The van der Waals surface area contributed by atoms with Crippen LogP contribution in [0.3, 0.4) is 0 Å². The van der Waals surface area contributed by atoms with Crippen LogP contribution < -0.4 is 10.6 Å². The van der Waals surface area contributed by atoms with E-state index < -0.39 is 0 Å². The first kappa shape index (κ1) is 10.8. The van der Waals surface area contributed by atoms with Crippen LogP contribution in [0.1, 0.15) is 26.7 Å². The maximum atomic E-state index is 5.53. The van der Waals surface area contributed by atoms with Gasteiger partial charge in [-0.3, -0.25) is 0 Å². The van der Waals surface area contributed by atoms with Crippen molar-refractivity contribution in [2.24, 2.45) is 0 Å². The predicted molar refractivity (Wildman–Crippen MR) is 59.2 cm³/mol. The quantitative estimate of drug-likeness (QED) is 0.792. The smallest absolute Gasteiger partial charge is 0.221 e. The molecule has 0 unspecified atom stereocenters. The van der Waals surface area contributed by atoms with Crippen molar-refractivity contribution in [3.8, 4) is 0 Å². The molecule has 0 bridgehead atoms. The number of nitrogens with two attached hydrogens (primary N) is 1. The summed E-state index contributed by atoms with van der Waals surface area (Å²) in [6.45, 7) is 4.35. The summed E-state index contributed by atoms with van der Waals surface area (Å²) in [7, 11) is 2.04. The van der Waals surface area contributed by atoms with Crippen molar-refractivity contribution in [2.45, 2.75) is 32.7 Å². The Bertz CT molecular complexity index is 283. The summed E-state index contributed by atoms with van der Waals surface area (Å²) in [4.78, 5) is 10.2. The first-order valence-electron chi connectivity index (χ1n) is 5.00. The highest BCUT2D eigenvalue weighted by Crippen LogP contribution is 2.15. The average molecular weight is 194 g/mol. The molecule has 0 fully saturated rings. The van der Waals surface area contributed by atoms with Crippen LogP contribution in [-0.2, 0) is 0 Å². The van der Waals surface area contributed by atoms with Crippen molar-refractivity contribution in [1.29, 1.82) is 0 Å². The van der Waals surface area contributed by atoms with Crippen LogP contribution in [0.25, 0.3) is 0 Å². The predicted octanol–water partition coefficient (Wildman–Crippen LogP) is 1.68. The zero-order chi connectivity index (χ0) is 10.6. The van der Waals surface area contributed by atoms with Crippen LogP contribution in [-0.4, -0.2) is 23.1 Å². The Morgan fingerprint density at radius 2 is 2.07 bits per heavy atom. The van der Waals surface area contributed by atoms with Crippen LogP contribution in [0.15, 0.2) is 12.3 Å². The van der Waals surface area contributed by atoms with E-state index in [0.717, 1.165) is 18.7 Å². The lowest BCUT2D eigenvalue weighted by atomic mass is 10.1. The minimum atomic E-state index is 0.334. The lowest BCUT2D eigenvalue weighted by molar-refractivity contribution is 0.586. The molecule has 0 saturated carbocycles. The molecule has 1 aromatic rings. The molecule has 4 heteroatoms. The van der Waals surface area contributed by atoms with Crippen LogP contribution >= 0.6 is 0 Å². The highest BCUT2D eigenvalue weighted by atomic mass is 15.2. The van der Waals surface area contributed by atoms with Crippen molar-refractivity contribution in [1.82, 2.24) is 9.97 Å². The summed E-state index contributed by atoms with van der Waals surface area (Å²) in [5, 5.41) is 0. The molecule has 0 saturated heterocycles. The minimum absolute atomic E-state index is 0.334. The fourth-order valence-corrected chi connectivity index (χ4v) is 1.58. The Morgan fingerprint density at radius 1 is 1.43 bits per heavy atom. The number of aromatic nitrogens is 2. The van der Waals surface area contributed by atoms with Gasteiger partial charge in [0.15, 0.2) is 0 Å². The molecule has 14 heavy (non-hydrogen) atoms. The molecule has 0 atom stereocenters. The largest absolute Gasteiger partial charge is 0.368 e. The second-order valence-corrected chi connectivity index (χ2v) is 3.35. The van der Waals surface area contributed by atoms with Crippen LogP contribution in [0.2, 0.25) is 0 Å². The summed E-state index contributed by atoms with van der Waals surface area (Å²) in [6, 6.07) is 2.40. The van der Waals surface area contributed by atoms with E-state index >= 15 is 0 Å². The van der Waals surface area contributed by atoms with E-state index in [1.807, 2.05) is 13.1 Å².